The van der Waals surface area contributed by atoms with Crippen LogP contribution >= 0.6 is 0 Å². The number of rotatable bonds is 2. The fourth-order valence-electron chi connectivity index (χ4n) is 1.22. The van der Waals surface area contributed by atoms with Crippen LogP contribution in [0, 0.1) is 0 Å². The molecule has 1 saturated carbocycles. The third-order valence-electron chi connectivity index (χ3n) is 1.91. The van der Waals surface area contributed by atoms with Crippen molar-refractivity contribution in [3.8, 4) is 0 Å². The molecule has 0 heterocycles. The number of hydrogen-bond acceptors (Lipinski definition) is 2. The zero-order valence-electron chi connectivity index (χ0n) is 16.3. The third-order valence-corrected chi connectivity index (χ3v) is 1.91. The molecule has 2 N–H and O–H groups in total. The minimum atomic E-state index is -3.28. The van der Waals surface area contributed by atoms with E-state index in [-0.39, 0.29) is 11.0 Å². The maximum atomic E-state index is 9.20. The highest BCUT2D eigenvalue weighted by molar-refractivity contribution is 6.58. The third kappa shape index (κ3) is 1.99. The lowest BCUT2D eigenvalue weighted by Gasteiger charge is -2.10. The van der Waals surface area contributed by atoms with Gasteiger partial charge in [0.1, 0.15) is 0 Å². The van der Waals surface area contributed by atoms with Crippen molar-refractivity contribution >= 4 is 12.6 Å². The topological polar surface area (TPSA) is 40.5 Å². The molecule has 0 radical (unpaired) electrons. The van der Waals surface area contributed by atoms with Crippen molar-refractivity contribution in [2.75, 3.05) is 0 Å². The van der Waals surface area contributed by atoms with Gasteiger partial charge in [0.25, 0.3) is 0 Å². The molecule has 1 aliphatic carbocycles. The second-order valence-corrected chi connectivity index (χ2v) is 2.87. The molecule has 0 saturated heterocycles. The summed E-state index contributed by atoms with van der Waals surface area (Å²) in [4.78, 5) is 0. The average molecular weight is 199 g/mol. The predicted molar refractivity (Wildman–Crippen MR) is 57.5 cm³/mol. The highest BCUT2D eigenvalue weighted by Crippen LogP contribution is 2.33. The summed E-state index contributed by atoms with van der Waals surface area (Å²) in [5, 5.41) is 18.4. The van der Waals surface area contributed by atoms with Crippen LogP contribution < -0.4 is 5.46 Å². The Kier molecular flexibility index (Phi) is 1.08. The van der Waals surface area contributed by atoms with Crippen molar-refractivity contribution in [2.24, 2.45) is 0 Å². The Morgan fingerprint density at radius 2 is 2.07 bits per heavy atom. The van der Waals surface area contributed by atoms with E-state index < -0.39 is 38.5 Å². The highest BCUT2D eigenvalue weighted by Gasteiger charge is 2.18. The van der Waals surface area contributed by atoms with Crippen LogP contribution in [0.3, 0.4) is 0 Å². The van der Waals surface area contributed by atoms with Gasteiger partial charge in [-0.2, -0.15) is 0 Å². The maximum absolute atomic E-state index is 9.20. The van der Waals surface area contributed by atoms with Gasteiger partial charge in [-0.15, -0.1) is 0 Å². The van der Waals surface area contributed by atoms with E-state index in [1.807, 2.05) is 0 Å². The molecule has 0 aliphatic heterocycles. The molecule has 14 heavy (non-hydrogen) atoms. The van der Waals surface area contributed by atoms with E-state index in [9.17, 15) is 10.0 Å². The number of benzene rings is 1. The molecular formula is C11H15BO2. The van der Waals surface area contributed by atoms with Crippen LogP contribution in [0.5, 0.6) is 0 Å². The fourth-order valence-corrected chi connectivity index (χ4v) is 1.22. The minimum Gasteiger partial charge on any atom is -0.423 e. The van der Waals surface area contributed by atoms with Crippen molar-refractivity contribution in [1.29, 1.82) is 0 Å². The molecule has 74 valence electrons. The molecule has 1 aromatic carbocycles. The lowest BCUT2D eigenvalue weighted by atomic mass is 9.78. The van der Waals surface area contributed by atoms with Gasteiger partial charge in [0.2, 0.25) is 0 Å². The molecule has 0 bridgehead atoms. The van der Waals surface area contributed by atoms with Crippen LogP contribution in [-0.2, 0) is 0 Å². The predicted octanol–water partition coefficient (Wildman–Crippen LogP) is 1.02. The Bertz CT molecular complexity index is 606. The first-order valence-electron chi connectivity index (χ1n) is 8.63. The summed E-state index contributed by atoms with van der Waals surface area (Å²) in [6.45, 7) is 0. The van der Waals surface area contributed by atoms with Crippen LogP contribution in [-0.4, -0.2) is 17.2 Å². The van der Waals surface area contributed by atoms with E-state index in [0.717, 1.165) is 12.1 Å². The van der Waals surface area contributed by atoms with E-state index in [1.54, 1.807) is 0 Å². The molecule has 0 aromatic heterocycles. The minimum absolute atomic E-state index is 0.131. The SMILES string of the molecule is [2H]C1([2H])C([2H])([2H])C([2H])([2H])C([2H])(c2cccc(B(O)O)c2)C1([2H])[2H]. The molecule has 3 heteroatoms. The van der Waals surface area contributed by atoms with Gasteiger partial charge in [-0.1, -0.05) is 37.0 Å². The van der Waals surface area contributed by atoms with Crippen molar-refractivity contribution in [2.45, 2.75) is 31.4 Å². The molecular weight excluding hydrogens is 175 g/mol. The first kappa shape index (κ1) is 3.65. The molecule has 1 aromatic rings. The van der Waals surface area contributed by atoms with Crippen LogP contribution in [0.2, 0.25) is 0 Å². The summed E-state index contributed by atoms with van der Waals surface area (Å²) >= 11 is 0. The monoisotopic (exact) mass is 199 g/mol. The van der Waals surface area contributed by atoms with E-state index in [0.29, 0.717) is 0 Å². The van der Waals surface area contributed by atoms with Crippen molar-refractivity contribution in [3.63, 3.8) is 0 Å². The molecule has 0 atom stereocenters. The first-order valence-corrected chi connectivity index (χ1v) is 4.13. The lowest BCUT2D eigenvalue weighted by Crippen LogP contribution is -2.30. The van der Waals surface area contributed by atoms with Gasteiger partial charge in [0.05, 0.1) is 0 Å². The molecule has 2 nitrogen and oxygen atoms in total. The normalized spacial score (nSPS) is 43.4. The summed E-state index contributed by atoms with van der Waals surface area (Å²) in [6.07, 6.45) is -13.0. The van der Waals surface area contributed by atoms with Crippen molar-refractivity contribution in [3.05, 3.63) is 29.8 Å². The smallest absolute Gasteiger partial charge is 0.423 e. The fraction of sp³-hybridized carbons (Fsp3) is 0.455. The van der Waals surface area contributed by atoms with Crippen molar-refractivity contribution < 1.29 is 22.4 Å². The maximum Gasteiger partial charge on any atom is 0.488 e. The quantitative estimate of drug-likeness (QED) is 0.698. The van der Waals surface area contributed by atoms with Crippen LogP contribution in [0.4, 0.5) is 0 Å². The summed E-state index contributed by atoms with van der Waals surface area (Å²) < 4.78 is 71.3. The standard InChI is InChI=1S/C11H15BO2/c13-12(14)11-7-3-6-10(8-11)9-4-1-2-5-9/h3,6-9,13-14H,1-2,4-5H2/i1D2,2D2,4D2,5D2,9D. The van der Waals surface area contributed by atoms with E-state index in [4.69, 9.17) is 12.3 Å². The second kappa shape index (κ2) is 4.15. The van der Waals surface area contributed by atoms with Crippen LogP contribution in [0.1, 0.15) is 49.3 Å². The van der Waals surface area contributed by atoms with Crippen LogP contribution in [0.15, 0.2) is 24.3 Å². The first-order chi connectivity index (χ1) is 10.2. The van der Waals surface area contributed by atoms with E-state index in [2.05, 4.69) is 0 Å². The van der Waals surface area contributed by atoms with Gasteiger partial charge in [0, 0.05) is 12.3 Å². The molecule has 2 rings (SSSR count). The van der Waals surface area contributed by atoms with Gasteiger partial charge >= 0.3 is 7.12 Å². The summed E-state index contributed by atoms with van der Waals surface area (Å²) in [5.74, 6) is -2.93. The molecule has 0 amide bonds. The van der Waals surface area contributed by atoms with E-state index >= 15 is 0 Å². The Morgan fingerprint density at radius 1 is 1.36 bits per heavy atom. The zero-order valence-corrected chi connectivity index (χ0v) is 7.28. The van der Waals surface area contributed by atoms with Crippen molar-refractivity contribution in [1.82, 2.24) is 0 Å². The zero-order chi connectivity index (χ0) is 18.1. The van der Waals surface area contributed by atoms with Gasteiger partial charge in [-0.3, -0.25) is 0 Å². The highest BCUT2D eigenvalue weighted by atomic mass is 16.4. The van der Waals surface area contributed by atoms with E-state index in [1.165, 1.54) is 12.1 Å². The molecule has 1 fully saturated rings. The average Bonchev–Trinajstić information content (AvgIpc) is 2.49. The second-order valence-electron chi connectivity index (χ2n) is 2.87. The van der Waals surface area contributed by atoms with Gasteiger partial charge in [-0.25, -0.2) is 0 Å². The molecule has 0 spiro atoms. The van der Waals surface area contributed by atoms with Gasteiger partial charge < -0.3 is 10.0 Å². The summed E-state index contributed by atoms with van der Waals surface area (Å²) in [6, 6.07) is 4.63. The lowest BCUT2D eigenvalue weighted by molar-refractivity contribution is 0.425. The summed E-state index contributed by atoms with van der Waals surface area (Å²) in [7, 11) is -1.94. The number of hydrogen-bond donors (Lipinski definition) is 2. The molecule has 1 aliphatic rings. The summed E-state index contributed by atoms with van der Waals surface area (Å²) in [5.41, 5.74) is -0.503. The largest absolute Gasteiger partial charge is 0.488 e. The Balaban J connectivity index is 2.80. The molecule has 0 unspecified atom stereocenters. The van der Waals surface area contributed by atoms with Crippen LogP contribution in [0.25, 0.3) is 0 Å². The Labute approximate surface area is 97.4 Å². The van der Waals surface area contributed by atoms with Gasteiger partial charge in [-0.05, 0) is 29.7 Å². The Hall–Kier alpha value is -0.795. The Morgan fingerprint density at radius 3 is 2.71 bits per heavy atom. The van der Waals surface area contributed by atoms with Gasteiger partial charge in [0.15, 0.2) is 0 Å².